The summed E-state index contributed by atoms with van der Waals surface area (Å²) in [6, 6.07) is 11.5. The molecule has 0 aliphatic carbocycles. The van der Waals surface area contributed by atoms with E-state index in [4.69, 9.17) is 16.3 Å². The molecule has 0 aliphatic heterocycles. The zero-order chi connectivity index (χ0) is 15.3. The Morgan fingerprint density at radius 2 is 2.00 bits per heavy atom. The van der Waals surface area contributed by atoms with Crippen molar-refractivity contribution in [2.24, 2.45) is 0 Å². The molecule has 2 rings (SSSR count). The maximum absolute atomic E-state index is 6.09. The van der Waals surface area contributed by atoms with E-state index < -0.39 is 0 Å². The van der Waals surface area contributed by atoms with E-state index in [1.807, 2.05) is 36.4 Å². The maximum Gasteiger partial charge on any atom is 0.130 e. The van der Waals surface area contributed by atoms with Gasteiger partial charge in [0.2, 0.25) is 0 Å². The highest BCUT2D eigenvalue weighted by Gasteiger charge is 2.11. The van der Waals surface area contributed by atoms with Crippen molar-refractivity contribution in [1.29, 1.82) is 0 Å². The van der Waals surface area contributed by atoms with Gasteiger partial charge in [0, 0.05) is 28.9 Å². The Labute approximate surface area is 131 Å². The summed E-state index contributed by atoms with van der Waals surface area (Å²) in [5, 5.41) is 4.16. The first-order chi connectivity index (χ1) is 9.94. The van der Waals surface area contributed by atoms with E-state index in [-0.39, 0.29) is 5.54 Å². The Kier molecular flexibility index (Phi) is 5.21. The summed E-state index contributed by atoms with van der Waals surface area (Å²) < 4.78 is 5.88. The quantitative estimate of drug-likeness (QED) is 0.899. The molecule has 0 fully saturated rings. The SMILES string of the molecule is CC(C)(C)NCc1cc(Cl)ccc1OCc1ccccn1. The van der Waals surface area contributed by atoms with Crippen molar-refractivity contribution in [3.05, 3.63) is 58.9 Å². The second-order valence-electron chi connectivity index (χ2n) is 5.97. The molecule has 2 aromatic rings. The normalized spacial score (nSPS) is 11.4. The first-order valence-electron chi connectivity index (χ1n) is 7.00. The van der Waals surface area contributed by atoms with Crippen molar-refractivity contribution < 1.29 is 4.74 Å². The minimum Gasteiger partial charge on any atom is -0.487 e. The van der Waals surface area contributed by atoms with Crippen LogP contribution in [0.4, 0.5) is 0 Å². The molecular formula is C17H21ClN2O. The second kappa shape index (κ2) is 6.92. The largest absolute Gasteiger partial charge is 0.487 e. The van der Waals surface area contributed by atoms with Gasteiger partial charge in [-0.05, 0) is 51.1 Å². The highest BCUT2D eigenvalue weighted by atomic mass is 35.5. The van der Waals surface area contributed by atoms with Crippen molar-refractivity contribution >= 4 is 11.6 Å². The van der Waals surface area contributed by atoms with Gasteiger partial charge >= 0.3 is 0 Å². The lowest BCUT2D eigenvalue weighted by molar-refractivity contribution is 0.295. The highest BCUT2D eigenvalue weighted by molar-refractivity contribution is 6.30. The third-order valence-corrected chi connectivity index (χ3v) is 3.17. The smallest absolute Gasteiger partial charge is 0.130 e. The van der Waals surface area contributed by atoms with Crippen LogP contribution in [0.25, 0.3) is 0 Å². The second-order valence-corrected chi connectivity index (χ2v) is 6.40. The molecular weight excluding hydrogens is 284 g/mol. The first kappa shape index (κ1) is 15.8. The molecule has 0 saturated heterocycles. The Morgan fingerprint density at radius 3 is 2.67 bits per heavy atom. The van der Waals surface area contributed by atoms with E-state index in [1.54, 1.807) is 6.20 Å². The number of rotatable bonds is 5. The predicted octanol–water partition coefficient (Wildman–Crippen LogP) is 4.20. The van der Waals surface area contributed by atoms with Gasteiger partial charge in [0.25, 0.3) is 0 Å². The molecule has 1 aromatic heterocycles. The lowest BCUT2D eigenvalue weighted by Crippen LogP contribution is -2.35. The van der Waals surface area contributed by atoms with Crippen molar-refractivity contribution in [3.63, 3.8) is 0 Å². The van der Waals surface area contributed by atoms with Crippen LogP contribution in [0, 0.1) is 0 Å². The van der Waals surface area contributed by atoms with Gasteiger partial charge in [-0.25, -0.2) is 0 Å². The summed E-state index contributed by atoms with van der Waals surface area (Å²) in [7, 11) is 0. The van der Waals surface area contributed by atoms with Crippen LogP contribution in [-0.2, 0) is 13.2 Å². The average Bonchev–Trinajstić information content (AvgIpc) is 2.44. The van der Waals surface area contributed by atoms with Crippen molar-refractivity contribution in [1.82, 2.24) is 10.3 Å². The Bertz CT molecular complexity index is 579. The van der Waals surface area contributed by atoms with E-state index in [9.17, 15) is 0 Å². The Morgan fingerprint density at radius 1 is 1.19 bits per heavy atom. The van der Waals surface area contributed by atoms with Crippen LogP contribution in [0.15, 0.2) is 42.6 Å². The summed E-state index contributed by atoms with van der Waals surface area (Å²) in [6.45, 7) is 7.55. The van der Waals surface area contributed by atoms with Gasteiger partial charge in [0.1, 0.15) is 12.4 Å². The highest BCUT2D eigenvalue weighted by Crippen LogP contribution is 2.24. The fraction of sp³-hybridized carbons (Fsp3) is 0.353. The molecule has 0 spiro atoms. The standard InChI is InChI=1S/C17H21ClN2O/c1-17(2,3)20-11-13-10-14(18)7-8-16(13)21-12-15-6-4-5-9-19-15/h4-10,20H,11-12H2,1-3H3. The number of hydrogen-bond donors (Lipinski definition) is 1. The first-order valence-corrected chi connectivity index (χ1v) is 7.38. The monoisotopic (exact) mass is 304 g/mol. The van der Waals surface area contributed by atoms with Crippen LogP contribution in [0.3, 0.4) is 0 Å². The number of nitrogens with zero attached hydrogens (tertiary/aromatic N) is 1. The molecule has 0 amide bonds. The number of hydrogen-bond acceptors (Lipinski definition) is 3. The van der Waals surface area contributed by atoms with Crippen LogP contribution in [0.1, 0.15) is 32.0 Å². The molecule has 0 unspecified atom stereocenters. The zero-order valence-corrected chi connectivity index (χ0v) is 13.4. The molecule has 0 bridgehead atoms. The van der Waals surface area contributed by atoms with Crippen LogP contribution < -0.4 is 10.1 Å². The van der Waals surface area contributed by atoms with E-state index in [0.29, 0.717) is 18.2 Å². The summed E-state index contributed by atoms with van der Waals surface area (Å²) in [5.74, 6) is 0.835. The molecule has 0 aliphatic rings. The molecule has 112 valence electrons. The molecule has 0 saturated carbocycles. The molecule has 0 atom stereocenters. The van der Waals surface area contributed by atoms with Gasteiger partial charge < -0.3 is 10.1 Å². The zero-order valence-electron chi connectivity index (χ0n) is 12.7. The number of benzene rings is 1. The minimum absolute atomic E-state index is 0.0422. The third kappa shape index (κ3) is 5.37. The number of ether oxygens (including phenoxy) is 1. The fourth-order valence-electron chi connectivity index (χ4n) is 1.82. The van der Waals surface area contributed by atoms with Gasteiger partial charge in [-0.3, -0.25) is 4.98 Å². The van der Waals surface area contributed by atoms with Gasteiger partial charge in [0.05, 0.1) is 5.69 Å². The molecule has 3 nitrogen and oxygen atoms in total. The van der Waals surface area contributed by atoms with Gasteiger partial charge in [-0.15, -0.1) is 0 Å². The molecule has 1 aromatic carbocycles. The van der Waals surface area contributed by atoms with Crippen LogP contribution >= 0.6 is 11.6 Å². The van der Waals surface area contributed by atoms with Gasteiger partial charge in [-0.1, -0.05) is 17.7 Å². The molecule has 4 heteroatoms. The van der Waals surface area contributed by atoms with Crippen LogP contribution in [-0.4, -0.2) is 10.5 Å². The number of nitrogens with one attached hydrogen (secondary N) is 1. The van der Waals surface area contributed by atoms with Crippen LogP contribution in [0.2, 0.25) is 5.02 Å². The van der Waals surface area contributed by atoms with Crippen molar-refractivity contribution in [2.45, 2.75) is 39.5 Å². The summed E-state index contributed by atoms with van der Waals surface area (Å²) in [6.07, 6.45) is 1.77. The number of aromatic nitrogens is 1. The number of pyridine rings is 1. The van der Waals surface area contributed by atoms with Crippen molar-refractivity contribution in [3.8, 4) is 5.75 Å². The minimum atomic E-state index is 0.0422. The third-order valence-electron chi connectivity index (χ3n) is 2.93. The Hall–Kier alpha value is -1.58. The molecule has 1 N–H and O–H groups in total. The van der Waals surface area contributed by atoms with Gasteiger partial charge in [0.15, 0.2) is 0 Å². The summed E-state index contributed by atoms with van der Waals surface area (Å²) in [5.41, 5.74) is 2.00. The Balaban J connectivity index is 2.07. The lowest BCUT2D eigenvalue weighted by atomic mass is 10.1. The van der Waals surface area contributed by atoms with Crippen LogP contribution in [0.5, 0.6) is 5.75 Å². The summed E-state index contributed by atoms with van der Waals surface area (Å²) in [4.78, 5) is 4.26. The fourth-order valence-corrected chi connectivity index (χ4v) is 2.02. The molecule has 21 heavy (non-hydrogen) atoms. The van der Waals surface area contributed by atoms with E-state index in [2.05, 4.69) is 31.1 Å². The van der Waals surface area contributed by atoms with E-state index >= 15 is 0 Å². The maximum atomic E-state index is 6.09. The summed E-state index contributed by atoms with van der Waals surface area (Å²) >= 11 is 6.09. The van der Waals surface area contributed by atoms with Gasteiger partial charge in [-0.2, -0.15) is 0 Å². The van der Waals surface area contributed by atoms with Crippen molar-refractivity contribution in [2.75, 3.05) is 0 Å². The number of halogens is 1. The average molecular weight is 305 g/mol. The molecule has 1 heterocycles. The lowest BCUT2D eigenvalue weighted by Gasteiger charge is -2.21. The predicted molar refractivity (Wildman–Crippen MR) is 86.6 cm³/mol. The molecule has 0 radical (unpaired) electrons. The van der Waals surface area contributed by atoms with E-state index in [1.165, 1.54) is 0 Å². The van der Waals surface area contributed by atoms with E-state index in [0.717, 1.165) is 17.0 Å². The topological polar surface area (TPSA) is 34.1 Å².